The first-order valence-electron chi connectivity index (χ1n) is 7.40. The van der Waals surface area contributed by atoms with Crippen molar-refractivity contribution in [3.05, 3.63) is 64.3 Å². The number of benzene rings is 1. The summed E-state index contributed by atoms with van der Waals surface area (Å²) in [5, 5.41) is 6.91. The number of rotatable bonds is 3. The standard InChI is InChI=1S/C17H18N4O2/c1-11-6-7-14(9-12(11)2)19-16(22)13(3)21-17(23)15-5-4-8-20(15)10-18-21/h4-10,13H,1-3H3,(H,19,22)/t13-/m0/s1. The van der Waals surface area contributed by atoms with Gasteiger partial charge in [0.25, 0.3) is 5.56 Å². The van der Waals surface area contributed by atoms with Crippen molar-refractivity contribution in [2.75, 3.05) is 5.32 Å². The van der Waals surface area contributed by atoms with E-state index in [0.717, 1.165) is 11.1 Å². The van der Waals surface area contributed by atoms with Gasteiger partial charge in [0.1, 0.15) is 17.9 Å². The predicted octanol–water partition coefficient (Wildman–Crippen LogP) is 2.31. The number of hydrogen-bond donors (Lipinski definition) is 1. The normalized spacial score (nSPS) is 12.3. The highest BCUT2D eigenvalue weighted by Gasteiger charge is 2.18. The smallest absolute Gasteiger partial charge is 0.291 e. The lowest BCUT2D eigenvalue weighted by Gasteiger charge is -2.14. The number of anilines is 1. The van der Waals surface area contributed by atoms with Crippen LogP contribution in [0.25, 0.3) is 5.52 Å². The summed E-state index contributed by atoms with van der Waals surface area (Å²) < 4.78 is 2.83. The van der Waals surface area contributed by atoms with Crippen LogP contribution in [0, 0.1) is 13.8 Å². The minimum atomic E-state index is -0.705. The summed E-state index contributed by atoms with van der Waals surface area (Å²) in [6.07, 6.45) is 3.27. The van der Waals surface area contributed by atoms with Crippen LogP contribution in [0.2, 0.25) is 0 Å². The SMILES string of the molecule is Cc1ccc(NC(=O)[C@H](C)n2ncn3cccc3c2=O)cc1C. The van der Waals surface area contributed by atoms with E-state index in [0.29, 0.717) is 11.2 Å². The Kier molecular flexibility index (Phi) is 3.73. The molecule has 0 aliphatic heterocycles. The lowest BCUT2D eigenvalue weighted by molar-refractivity contribution is -0.119. The topological polar surface area (TPSA) is 68.4 Å². The fraction of sp³-hybridized carbons (Fsp3) is 0.235. The highest BCUT2D eigenvalue weighted by molar-refractivity contribution is 5.93. The minimum Gasteiger partial charge on any atom is -0.324 e. The fourth-order valence-corrected chi connectivity index (χ4v) is 2.41. The van der Waals surface area contributed by atoms with Gasteiger partial charge in [0.15, 0.2) is 0 Å². The summed E-state index contributed by atoms with van der Waals surface area (Å²) in [6, 6.07) is 8.47. The Hall–Kier alpha value is -2.89. The quantitative estimate of drug-likeness (QED) is 0.807. The number of aromatic nitrogens is 3. The Labute approximate surface area is 133 Å². The molecule has 118 valence electrons. The molecule has 6 nitrogen and oxygen atoms in total. The molecule has 0 radical (unpaired) electrons. The maximum absolute atomic E-state index is 12.4. The van der Waals surface area contributed by atoms with E-state index in [1.54, 1.807) is 29.7 Å². The van der Waals surface area contributed by atoms with Crippen molar-refractivity contribution in [2.45, 2.75) is 26.8 Å². The van der Waals surface area contributed by atoms with Crippen LogP contribution in [0.3, 0.4) is 0 Å². The lowest BCUT2D eigenvalue weighted by atomic mass is 10.1. The zero-order valence-corrected chi connectivity index (χ0v) is 13.3. The number of amides is 1. The second-order valence-corrected chi connectivity index (χ2v) is 5.65. The van der Waals surface area contributed by atoms with Gasteiger partial charge in [-0.3, -0.25) is 9.59 Å². The highest BCUT2D eigenvalue weighted by atomic mass is 16.2. The largest absolute Gasteiger partial charge is 0.324 e. The summed E-state index contributed by atoms with van der Waals surface area (Å²) in [7, 11) is 0. The zero-order valence-electron chi connectivity index (χ0n) is 13.3. The summed E-state index contributed by atoms with van der Waals surface area (Å²) in [5.41, 5.74) is 3.17. The van der Waals surface area contributed by atoms with E-state index in [9.17, 15) is 9.59 Å². The Balaban J connectivity index is 1.87. The third-order valence-corrected chi connectivity index (χ3v) is 4.03. The van der Waals surface area contributed by atoms with Crippen molar-refractivity contribution in [3.8, 4) is 0 Å². The first-order valence-corrected chi connectivity index (χ1v) is 7.40. The molecule has 0 aliphatic rings. The number of nitrogens with one attached hydrogen (secondary N) is 1. The van der Waals surface area contributed by atoms with Gasteiger partial charge in [-0.2, -0.15) is 5.10 Å². The van der Waals surface area contributed by atoms with E-state index in [2.05, 4.69) is 10.4 Å². The monoisotopic (exact) mass is 310 g/mol. The summed E-state index contributed by atoms with van der Waals surface area (Å²) >= 11 is 0. The van der Waals surface area contributed by atoms with Crippen LogP contribution in [0.1, 0.15) is 24.1 Å². The van der Waals surface area contributed by atoms with Crippen LogP contribution >= 0.6 is 0 Å². The molecule has 0 fully saturated rings. The van der Waals surface area contributed by atoms with Gasteiger partial charge in [-0.1, -0.05) is 6.07 Å². The first-order chi connectivity index (χ1) is 11.0. The molecule has 0 saturated heterocycles. The average Bonchev–Trinajstić information content (AvgIpc) is 3.00. The van der Waals surface area contributed by atoms with Crippen molar-refractivity contribution in [1.82, 2.24) is 14.2 Å². The molecule has 0 saturated carbocycles. The van der Waals surface area contributed by atoms with Gasteiger partial charge in [-0.15, -0.1) is 0 Å². The van der Waals surface area contributed by atoms with Crippen molar-refractivity contribution in [3.63, 3.8) is 0 Å². The molecule has 3 rings (SSSR count). The Bertz CT molecular complexity index is 939. The number of nitrogens with zero attached hydrogens (tertiary/aromatic N) is 3. The third-order valence-electron chi connectivity index (χ3n) is 4.03. The maximum atomic E-state index is 12.4. The number of aryl methyl sites for hydroxylation is 2. The molecule has 23 heavy (non-hydrogen) atoms. The molecule has 1 amide bonds. The van der Waals surface area contributed by atoms with Crippen LogP contribution in [0.5, 0.6) is 0 Å². The van der Waals surface area contributed by atoms with E-state index in [1.165, 1.54) is 11.0 Å². The van der Waals surface area contributed by atoms with Gasteiger partial charge in [-0.05, 0) is 56.2 Å². The first kappa shape index (κ1) is 15.0. The van der Waals surface area contributed by atoms with Crippen LogP contribution in [0.15, 0.2) is 47.7 Å². The van der Waals surface area contributed by atoms with Crippen LogP contribution in [-0.2, 0) is 4.79 Å². The molecule has 3 aromatic rings. The van der Waals surface area contributed by atoms with Crippen LogP contribution in [0.4, 0.5) is 5.69 Å². The molecule has 2 heterocycles. The van der Waals surface area contributed by atoms with E-state index < -0.39 is 6.04 Å². The number of carbonyl (C=O) groups is 1. The number of hydrogen-bond acceptors (Lipinski definition) is 3. The van der Waals surface area contributed by atoms with Crippen LogP contribution < -0.4 is 10.9 Å². The summed E-state index contributed by atoms with van der Waals surface area (Å²) in [4.78, 5) is 24.8. The molecule has 0 unspecified atom stereocenters. The lowest BCUT2D eigenvalue weighted by Crippen LogP contribution is -2.34. The molecule has 0 spiro atoms. The number of carbonyl (C=O) groups excluding carboxylic acids is 1. The van der Waals surface area contributed by atoms with Crippen LogP contribution in [-0.4, -0.2) is 20.1 Å². The Morgan fingerprint density at radius 2 is 2.00 bits per heavy atom. The number of fused-ring (bicyclic) bond motifs is 1. The van der Waals surface area contributed by atoms with E-state index in [1.807, 2.05) is 32.0 Å². The average molecular weight is 310 g/mol. The maximum Gasteiger partial charge on any atom is 0.291 e. The molecule has 2 aromatic heterocycles. The second kappa shape index (κ2) is 5.72. The van der Waals surface area contributed by atoms with Crippen molar-refractivity contribution in [1.29, 1.82) is 0 Å². The molecule has 1 N–H and O–H groups in total. The molecule has 6 heteroatoms. The van der Waals surface area contributed by atoms with Gasteiger partial charge in [-0.25, -0.2) is 4.68 Å². The van der Waals surface area contributed by atoms with Crippen molar-refractivity contribution in [2.24, 2.45) is 0 Å². The molecule has 0 bridgehead atoms. The van der Waals surface area contributed by atoms with Crippen molar-refractivity contribution < 1.29 is 4.79 Å². The third kappa shape index (κ3) is 2.75. The molecule has 1 aromatic carbocycles. The molecular weight excluding hydrogens is 292 g/mol. The van der Waals surface area contributed by atoms with E-state index >= 15 is 0 Å². The fourth-order valence-electron chi connectivity index (χ4n) is 2.41. The Morgan fingerprint density at radius 1 is 1.22 bits per heavy atom. The second-order valence-electron chi connectivity index (χ2n) is 5.65. The highest BCUT2D eigenvalue weighted by Crippen LogP contribution is 2.15. The van der Waals surface area contributed by atoms with Gasteiger partial charge in [0.2, 0.25) is 5.91 Å². The van der Waals surface area contributed by atoms with Gasteiger partial charge in [0.05, 0.1) is 0 Å². The molecule has 0 aliphatic carbocycles. The van der Waals surface area contributed by atoms with E-state index in [-0.39, 0.29) is 11.5 Å². The van der Waals surface area contributed by atoms with Gasteiger partial charge >= 0.3 is 0 Å². The molecular formula is C17H18N4O2. The minimum absolute atomic E-state index is 0.279. The van der Waals surface area contributed by atoms with E-state index in [4.69, 9.17) is 0 Å². The van der Waals surface area contributed by atoms with Gasteiger partial charge < -0.3 is 9.72 Å². The zero-order chi connectivity index (χ0) is 16.6. The van der Waals surface area contributed by atoms with Crippen molar-refractivity contribution >= 4 is 17.1 Å². The summed E-state index contributed by atoms with van der Waals surface area (Å²) in [6.45, 7) is 5.66. The Morgan fingerprint density at radius 3 is 2.74 bits per heavy atom. The predicted molar refractivity (Wildman–Crippen MR) is 88.7 cm³/mol. The van der Waals surface area contributed by atoms with Gasteiger partial charge in [0, 0.05) is 11.9 Å². The summed E-state index contributed by atoms with van der Waals surface area (Å²) in [5.74, 6) is -0.279. The molecule has 1 atom stereocenters.